The van der Waals surface area contributed by atoms with Crippen LogP contribution in [0.4, 0.5) is 13.2 Å². The normalized spacial score (nSPS) is 17.7. The number of carboxylic acid groups (broad SMARTS) is 1. The van der Waals surface area contributed by atoms with Gasteiger partial charge in [0.15, 0.2) is 0 Å². The predicted molar refractivity (Wildman–Crippen MR) is 86.3 cm³/mol. The van der Waals surface area contributed by atoms with Crippen molar-refractivity contribution in [1.82, 2.24) is 9.78 Å². The van der Waals surface area contributed by atoms with Crippen molar-refractivity contribution in [1.29, 1.82) is 0 Å². The van der Waals surface area contributed by atoms with E-state index >= 15 is 0 Å². The summed E-state index contributed by atoms with van der Waals surface area (Å²) in [5.41, 5.74) is -0.720. The number of hydrogen-bond acceptors (Lipinski definition) is 4. The van der Waals surface area contributed by atoms with Crippen LogP contribution in [-0.2, 0) is 30.4 Å². The van der Waals surface area contributed by atoms with E-state index in [4.69, 9.17) is 9.52 Å². The first kappa shape index (κ1) is 17.8. The number of aromatic nitrogens is 2. The molecule has 0 spiro atoms. The molecule has 0 saturated heterocycles. The van der Waals surface area contributed by atoms with E-state index in [9.17, 15) is 22.8 Å². The molecule has 2 aliphatic rings. The number of ketones is 1. The van der Waals surface area contributed by atoms with Crippen molar-refractivity contribution in [2.75, 3.05) is 0 Å². The minimum absolute atomic E-state index is 0.0146. The highest BCUT2D eigenvalue weighted by Crippen LogP contribution is 2.46. The van der Waals surface area contributed by atoms with Crippen LogP contribution in [0.25, 0.3) is 11.3 Å². The molecule has 2 heterocycles. The second-order valence-electron chi connectivity index (χ2n) is 7.11. The molecule has 144 valence electrons. The number of hydrogen-bond donors (Lipinski definition) is 1. The van der Waals surface area contributed by atoms with Gasteiger partial charge in [-0.3, -0.25) is 9.48 Å². The molecule has 2 aliphatic carbocycles. The Balaban J connectivity index is 1.72. The zero-order valence-electron chi connectivity index (χ0n) is 14.3. The highest BCUT2D eigenvalue weighted by molar-refractivity contribution is 5.90. The van der Waals surface area contributed by atoms with Gasteiger partial charge in [-0.1, -0.05) is 0 Å². The lowest BCUT2D eigenvalue weighted by molar-refractivity contribution is -0.138. The fourth-order valence-corrected chi connectivity index (χ4v) is 3.97. The molecule has 4 rings (SSSR count). The summed E-state index contributed by atoms with van der Waals surface area (Å²) in [5.74, 6) is -2.32. The molecule has 0 atom stereocenters. The number of Topliss-reactive ketones (excluding diaryl/α,β-unsaturated/α-hetero) is 1. The lowest BCUT2D eigenvalue weighted by atomic mass is 9.88. The van der Waals surface area contributed by atoms with Crippen LogP contribution in [0, 0.1) is 5.92 Å². The number of carbonyl (C=O) groups is 2. The van der Waals surface area contributed by atoms with Crippen LogP contribution in [0.15, 0.2) is 10.6 Å². The fourth-order valence-electron chi connectivity index (χ4n) is 3.97. The van der Waals surface area contributed by atoms with Gasteiger partial charge in [0.1, 0.15) is 17.1 Å². The van der Waals surface area contributed by atoms with Crippen LogP contribution in [0.3, 0.4) is 0 Å². The Hall–Kier alpha value is -2.58. The fraction of sp³-hybridized carbons (Fsp3) is 0.500. The summed E-state index contributed by atoms with van der Waals surface area (Å²) in [6.45, 7) is 0.528. The van der Waals surface area contributed by atoms with Gasteiger partial charge in [0.2, 0.25) is 5.76 Å². The summed E-state index contributed by atoms with van der Waals surface area (Å²) >= 11 is 0. The average molecular weight is 382 g/mol. The van der Waals surface area contributed by atoms with E-state index in [0.29, 0.717) is 31.4 Å². The second-order valence-corrected chi connectivity index (χ2v) is 7.11. The van der Waals surface area contributed by atoms with Gasteiger partial charge in [-0.25, -0.2) is 4.79 Å². The van der Waals surface area contributed by atoms with E-state index in [1.54, 1.807) is 10.9 Å². The van der Waals surface area contributed by atoms with Crippen LogP contribution in [-0.4, -0.2) is 26.6 Å². The van der Waals surface area contributed by atoms with Crippen LogP contribution < -0.4 is 0 Å². The van der Waals surface area contributed by atoms with Crippen molar-refractivity contribution in [2.24, 2.45) is 5.92 Å². The monoisotopic (exact) mass is 382 g/mol. The van der Waals surface area contributed by atoms with Crippen molar-refractivity contribution in [3.8, 4) is 11.3 Å². The summed E-state index contributed by atoms with van der Waals surface area (Å²) in [5, 5.41) is 13.5. The maximum absolute atomic E-state index is 13.6. The number of halogens is 3. The Morgan fingerprint density at radius 2 is 1.96 bits per heavy atom. The van der Waals surface area contributed by atoms with E-state index in [1.807, 2.05) is 0 Å². The molecule has 1 fully saturated rings. The Morgan fingerprint density at radius 1 is 1.26 bits per heavy atom. The minimum Gasteiger partial charge on any atom is -0.475 e. The lowest BCUT2D eigenvalue weighted by Crippen LogP contribution is -2.19. The standard InChI is InChI=1S/C18H17F3N2O4/c19-18(20,21)14-13-12(27-16(14)17(25)26)6-3-10-8-23(22-15(10)13)7-9-1-4-11(24)5-2-9/h8-9H,1-7H2,(H,25,26). The van der Waals surface area contributed by atoms with Gasteiger partial charge in [0.25, 0.3) is 0 Å². The van der Waals surface area contributed by atoms with Gasteiger partial charge in [0, 0.05) is 32.0 Å². The maximum Gasteiger partial charge on any atom is 0.421 e. The van der Waals surface area contributed by atoms with Gasteiger partial charge in [-0.15, -0.1) is 0 Å². The number of fused-ring (bicyclic) bond motifs is 3. The number of aryl methyl sites for hydroxylation is 2. The van der Waals surface area contributed by atoms with Crippen LogP contribution >= 0.6 is 0 Å². The molecule has 0 aromatic carbocycles. The third-order valence-electron chi connectivity index (χ3n) is 5.26. The van der Waals surface area contributed by atoms with Crippen LogP contribution in [0.2, 0.25) is 0 Å². The molecule has 0 radical (unpaired) electrons. The number of carbonyl (C=O) groups excluding carboxylic acids is 1. The van der Waals surface area contributed by atoms with Gasteiger partial charge < -0.3 is 9.52 Å². The molecule has 1 N–H and O–H groups in total. The van der Waals surface area contributed by atoms with Gasteiger partial charge >= 0.3 is 12.1 Å². The second kappa shape index (κ2) is 6.24. The first-order valence-corrected chi connectivity index (χ1v) is 8.78. The molecule has 0 bridgehead atoms. The highest BCUT2D eigenvalue weighted by Gasteiger charge is 2.45. The van der Waals surface area contributed by atoms with E-state index in [2.05, 4.69) is 5.10 Å². The molecule has 0 amide bonds. The number of aromatic carboxylic acids is 1. The summed E-state index contributed by atoms with van der Waals surface area (Å²) in [4.78, 5) is 22.6. The SMILES string of the molecule is O=C1CCC(Cn2cc3c(n2)-c2c(oc(C(=O)O)c2C(F)(F)F)CC3)CC1. The molecule has 6 nitrogen and oxygen atoms in total. The van der Waals surface area contributed by atoms with Gasteiger partial charge in [0.05, 0.1) is 11.3 Å². The Morgan fingerprint density at radius 3 is 2.59 bits per heavy atom. The zero-order chi connectivity index (χ0) is 19.3. The number of nitrogens with zero attached hydrogens (tertiary/aromatic N) is 2. The largest absolute Gasteiger partial charge is 0.475 e. The average Bonchev–Trinajstić information content (AvgIpc) is 3.16. The Kier molecular flexibility index (Phi) is 4.12. The lowest BCUT2D eigenvalue weighted by Gasteiger charge is -2.20. The summed E-state index contributed by atoms with van der Waals surface area (Å²) in [6.07, 6.45) is 0.0525. The number of carboxylic acids is 1. The first-order chi connectivity index (χ1) is 12.7. The van der Waals surface area contributed by atoms with E-state index < -0.39 is 23.5 Å². The molecule has 0 unspecified atom stereocenters. The molecule has 2 aromatic heterocycles. The maximum atomic E-state index is 13.6. The highest BCUT2D eigenvalue weighted by atomic mass is 19.4. The Labute approximate surface area is 152 Å². The third kappa shape index (κ3) is 3.15. The van der Waals surface area contributed by atoms with Crippen molar-refractivity contribution >= 4 is 11.8 Å². The first-order valence-electron chi connectivity index (χ1n) is 8.78. The molecule has 2 aromatic rings. The third-order valence-corrected chi connectivity index (χ3v) is 5.26. The zero-order valence-corrected chi connectivity index (χ0v) is 14.3. The molecule has 1 saturated carbocycles. The van der Waals surface area contributed by atoms with Crippen molar-refractivity contribution in [3.63, 3.8) is 0 Å². The van der Waals surface area contributed by atoms with E-state index in [0.717, 1.165) is 12.8 Å². The minimum atomic E-state index is -4.85. The van der Waals surface area contributed by atoms with Crippen molar-refractivity contribution in [2.45, 2.75) is 51.2 Å². The summed E-state index contributed by atoms with van der Waals surface area (Å²) < 4.78 is 47.3. The van der Waals surface area contributed by atoms with Crippen molar-refractivity contribution < 1.29 is 32.3 Å². The smallest absolute Gasteiger partial charge is 0.421 e. The molecular weight excluding hydrogens is 365 g/mol. The topological polar surface area (TPSA) is 85.3 Å². The molecule has 0 aliphatic heterocycles. The number of alkyl halides is 3. The van der Waals surface area contributed by atoms with Crippen molar-refractivity contribution in [3.05, 3.63) is 28.8 Å². The predicted octanol–water partition coefficient (Wildman–Crippen LogP) is 3.72. The quantitative estimate of drug-likeness (QED) is 0.875. The summed E-state index contributed by atoms with van der Waals surface area (Å²) in [7, 11) is 0. The van der Waals surface area contributed by atoms with E-state index in [1.165, 1.54) is 0 Å². The summed E-state index contributed by atoms with van der Waals surface area (Å²) in [6, 6.07) is 0. The van der Waals surface area contributed by atoms with Crippen LogP contribution in [0.5, 0.6) is 0 Å². The molecule has 27 heavy (non-hydrogen) atoms. The van der Waals surface area contributed by atoms with Gasteiger partial charge in [-0.2, -0.15) is 18.3 Å². The Bertz CT molecular complexity index is 916. The van der Waals surface area contributed by atoms with Crippen LogP contribution in [0.1, 0.15) is 53.1 Å². The number of furan rings is 1. The molecular formula is C18H17F3N2O4. The van der Waals surface area contributed by atoms with Gasteiger partial charge in [-0.05, 0) is 30.7 Å². The number of rotatable bonds is 3. The molecule has 9 heteroatoms. The van der Waals surface area contributed by atoms with E-state index in [-0.39, 0.29) is 35.1 Å².